The first-order chi connectivity index (χ1) is 8.33. The van der Waals surface area contributed by atoms with Crippen LogP contribution in [0.5, 0.6) is 0 Å². The van der Waals surface area contributed by atoms with Crippen LogP contribution in [0, 0.1) is 25.2 Å². The molecule has 3 nitrogen and oxygen atoms in total. The summed E-state index contributed by atoms with van der Waals surface area (Å²) in [4.78, 5) is 11.6. The first kappa shape index (κ1) is 14.7. The van der Waals surface area contributed by atoms with Gasteiger partial charge in [0.2, 0.25) is 0 Å². The summed E-state index contributed by atoms with van der Waals surface area (Å²) >= 11 is 0. The summed E-state index contributed by atoms with van der Waals surface area (Å²) in [6.07, 6.45) is 0.484. The summed E-state index contributed by atoms with van der Waals surface area (Å²) < 4.78 is 0. The summed E-state index contributed by atoms with van der Waals surface area (Å²) in [6.45, 7) is 8.09. The molecule has 3 N–H and O–H groups in total. The molecule has 0 bridgehead atoms. The largest absolute Gasteiger partial charge is 0.481 e. The van der Waals surface area contributed by atoms with E-state index >= 15 is 0 Å². The van der Waals surface area contributed by atoms with Crippen molar-refractivity contribution in [2.45, 2.75) is 34.1 Å². The number of hydrogen-bond donors (Lipinski definition) is 2. The molecule has 1 aromatic carbocycles. The van der Waals surface area contributed by atoms with E-state index < -0.39 is 11.4 Å². The van der Waals surface area contributed by atoms with Crippen LogP contribution in [0.3, 0.4) is 0 Å². The average molecular weight is 249 g/mol. The van der Waals surface area contributed by atoms with Crippen molar-refractivity contribution in [3.63, 3.8) is 0 Å². The predicted octanol–water partition coefficient (Wildman–Crippen LogP) is 2.53. The lowest BCUT2D eigenvalue weighted by Gasteiger charge is -2.32. The third-order valence-corrected chi connectivity index (χ3v) is 3.99. The highest BCUT2D eigenvalue weighted by Gasteiger charge is 2.40. The Kier molecular flexibility index (Phi) is 4.52. The molecule has 1 aromatic rings. The van der Waals surface area contributed by atoms with Crippen LogP contribution in [-0.2, 0) is 11.2 Å². The molecule has 0 aliphatic rings. The Bertz CT molecular complexity index is 440. The molecule has 1 unspecified atom stereocenters. The summed E-state index contributed by atoms with van der Waals surface area (Å²) in [5, 5.41) is 9.50. The molecule has 0 aliphatic carbocycles. The third kappa shape index (κ3) is 2.72. The number of hydrogen-bond acceptors (Lipinski definition) is 2. The minimum atomic E-state index is -0.873. The minimum Gasteiger partial charge on any atom is -0.481 e. The molecule has 0 amide bonds. The van der Waals surface area contributed by atoms with E-state index in [9.17, 15) is 9.90 Å². The van der Waals surface area contributed by atoms with Gasteiger partial charge in [0.25, 0.3) is 0 Å². The Morgan fingerprint density at radius 2 is 1.94 bits per heavy atom. The Hall–Kier alpha value is -1.35. The minimum absolute atomic E-state index is 0.00149. The molecular formula is C15H23NO2. The van der Waals surface area contributed by atoms with E-state index in [4.69, 9.17) is 5.73 Å². The molecule has 0 fully saturated rings. The van der Waals surface area contributed by atoms with E-state index in [2.05, 4.69) is 13.0 Å². The van der Waals surface area contributed by atoms with Crippen molar-refractivity contribution in [1.29, 1.82) is 0 Å². The molecule has 1 rings (SSSR count). The van der Waals surface area contributed by atoms with Crippen LogP contribution < -0.4 is 5.73 Å². The first-order valence-corrected chi connectivity index (χ1v) is 6.33. The summed E-state index contributed by atoms with van der Waals surface area (Å²) in [6, 6.07) is 6.09. The molecule has 0 heterocycles. The Labute approximate surface area is 109 Å². The van der Waals surface area contributed by atoms with Gasteiger partial charge in [-0.25, -0.2) is 0 Å². The molecule has 0 saturated carbocycles. The number of carboxylic acids is 1. The molecule has 0 aromatic heterocycles. The standard InChI is InChI=1S/C15H23NO2/c1-10(2)15(9-16,14(17)18)8-13-6-5-11(3)12(4)7-13/h5-7,10H,8-9,16H2,1-4H3,(H,17,18). The molecule has 0 radical (unpaired) electrons. The van der Waals surface area contributed by atoms with Gasteiger partial charge in [-0.05, 0) is 42.9 Å². The van der Waals surface area contributed by atoms with Crippen LogP contribution in [0.1, 0.15) is 30.5 Å². The number of benzene rings is 1. The maximum Gasteiger partial charge on any atom is 0.311 e. The normalized spacial score (nSPS) is 14.6. The second-order valence-electron chi connectivity index (χ2n) is 5.42. The lowest BCUT2D eigenvalue weighted by Crippen LogP contribution is -2.45. The molecule has 100 valence electrons. The summed E-state index contributed by atoms with van der Waals surface area (Å²) in [5.74, 6) is -0.806. The monoisotopic (exact) mass is 249 g/mol. The molecule has 0 aliphatic heterocycles. The predicted molar refractivity (Wildman–Crippen MR) is 73.6 cm³/mol. The Morgan fingerprint density at radius 3 is 2.33 bits per heavy atom. The fourth-order valence-electron chi connectivity index (χ4n) is 2.20. The van der Waals surface area contributed by atoms with E-state index in [0.29, 0.717) is 6.42 Å². The van der Waals surface area contributed by atoms with Crippen molar-refractivity contribution in [3.8, 4) is 0 Å². The highest BCUT2D eigenvalue weighted by Crippen LogP contribution is 2.31. The van der Waals surface area contributed by atoms with Gasteiger partial charge in [-0.1, -0.05) is 32.0 Å². The van der Waals surface area contributed by atoms with Gasteiger partial charge in [0.1, 0.15) is 0 Å². The fourth-order valence-corrected chi connectivity index (χ4v) is 2.20. The van der Waals surface area contributed by atoms with Gasteiger partial charge in [-0.2, -0.15) is 0 Å². The van der Waals surface area contributed by atoms with Crippen molar-refractivity contribution in [1.82, 2.24) is 0 Å². The first-order valence-electron chi connectivity index (χ1n) is 6.33. The van der Waals surface area contributed by atoms with Crippen molar-refractivity contribution >= 4 is 5.97 Å². The van der Waals surface area contributed by atoms with E-state index in [1.165, 1.54) is 11.1 Å². The van der Waals surface area contributed by atoms with Crippen LogP contribution in [0.4, 0.5) is 0 Å². The molecule has 0 spiro atoms. The van der Waals surface area contributed by atoms with Crippen molar-refractivity contribution in [3.05, 3.63) is 34.9 Å². The zero-order valence-electron chi connectivity index (χ0n) is 11.7. The average Bonchev–Trinajstić information content (AvgIpc) is 2.29. The second kappa shape index (κ2) is 5.53. The quantitative estimate of drug-likeness (QED) is 0.843. The van der Waals surface area contributed by atoms with E-state index in [0.717, 1.165) is 5.56 Å². The van der Waals surface area contributed by atoms with E-state index in [1.54, 1.807) is 0 Å². The molecule has 0 saturated heterocycles. The van der Waals surface area contributed by atoms with Crippen LogP contribution in [0.2, 0.25) is 0 Å². The van der Waals surface area contributed by atoms with Gasteiger partial charge in [-0.15, -0.1) is 0 Å². The molecule has 1 atom stereocenters. The lowest BCUT2D eigenvalue weighted by molar-refractivity contribution is -0.151. The SMILES string of the molecule is Cc1ccc(CC(CN)(C(=O)O)C(C)C)cc1C. The summed E-state index contributed by atoms with van der Waals surface area (Å²) in [7, 11) is 0. The molecule has 18 heavy (non-hydrogen) atoms. The van der Waals surface area contributed by atoms with E-state index in [1.807, 2.05) is 32.9 Å². The van der Waals surface area contributed by atoms with Gasteiger partial charge < -0.3 is 10.8 Å². The number of rotatable bonds is 5. The van der Waals surface area contributed by atoms with Crippen LogP contribution in [-0.4, -0.2) is 17.6 Å². The van der Waals surface area contributed by atoms with E-state index in [-0.39, 0.29) is 12.5 Å². The number of nitrogens with two attached hydrogens (primary N) is 1. The van der Waals surface area contributed by atoms with Gasteiger partial charge >= 0.3 is 5.97 Å². The smallest absolute Gasteiger partial charge is 0.311 e. The zero-order chi connectivity index (χ0) is 13.9. The van der Waals surface area contributed by atoms with Crippen molar-refractivity contribution < 1.29 is 9.90 Å². The molecular weight excluding hydrogens is 226 g/mol. The van der Waals surface area contributed by atoms with Crippen LogP contribution in [0.25, 0.3) is 0 Å². The van der Waals surface area contributed by atoms with Gasteiger partial charge in [0, 0.05) is 6.54 Å². The zero-order valence-corrected chi connectivity index (χ0v) is 11.7. The van der Waals surface area contributed by atoms with Crippen LogP contribution in [0.15, 0.2) is 18.2 Å². The number of aryl methyl sites for hydroxylation is 2. The Morgan fingerprint density at radius 1 is 1.33 bits per heavy atom. The second-order valence-corrected chi connectivity index (χ2v) is 5.42. The molecule has 3 heteroatoms. The maximum atomic E-state index is 11.6. The highest BCUT2D eigenvalue weighted by molar-refractivity contribution is 5.75. The fraction of sp³-hybridized carbons (Fsp3) is 0.533. The van der Waals surface area contributed by atoms with Gasteiger partial charge in [0.05, 0.1) is 5.41 Å². The number of carboxylic acid groups (broad SMARTS) is 1. The van der Waals surface area contributed by atoms with Gasteiger partial charge in [0.15, 0.2) is 0 Å². The summed E-state index contributed by atoms with van der Waals surface area (Å²) in [5.41, 5.74) is 8.32. The van der Waals surface area contributed by atoms with Crippen molar-refractivity contribution in [2.24, 2.45) is 17.1 Å². The number of carbonyl (C=O) groups is 1. The van der Waals surface area contributed by atoms with Crippen LogP contribution >= 0.6 is 0 Å². The maximum absolute atomic E-state index is 11.6. The lowest BCUT2D eigenvalue weighted by atomic mass is 9.72. The van der Waals surface area contributed by atoms with Gasteiger partial charge in [-0.3, -0.25) is 4.79 Å². The highest BCUT2D eigenvalue weighted by atomic mass is 16.4. The Balaban J connectivity index is 3.10. The topological polar surface area (TPSA) is 63.3 Å². The van der Waals surface area contributed by atoms with Crippen molar-refractivity contribution in [2.75, 3.05) is 6.54 Å². The number of aliphatic carboxylic acids is 1. The third-order valence-electron chi connectivity index (χ3n) is 3.99.